The van der Waals surface area contributed by atoms with Crippen molar-refractivity contribution >= 4 is 33.2 Å². The number of hydrogen-bond donors (Lipinski definition) is 2. The Labute approximate surface area is 105 Å². The fourth-order valence-corrected chi connectivity index (χ4v) is 1.89. The third-order valence-electron chi connectivity index (χ3n) is 2.18. The van der Waals surface area contributed by atoms with Crippen LogP contribution in [0.2, 0.25) is 0 Å². The molecule has 0 heterocycles. The van der Waals surface area contributed by atoms with E-state index in [1.54, 1.807) is 0 Å². The van der Waals surface area contributed by atoms with Gasteiger partial charge in [0, 0.05) is 9.89 Å². The molecule has 1 aromatic carbocycles. The number of hydrogen-bond acceptors (Lipinski definition) is 2. The van der Waals surface area contributed by atoms with Crippen molar-refractivity contribution in [3.63, 3.8) is 0 Å². The lowest BCUT2D eigenvalue weighted by Gasteiger charge is -2.19. The molecule has 1 amide bonds. The molecule has 1 aromatic rings. The van der Waals surface area contributed by atoms with Gasteiger partial charge in [-0.3, -0.25) is 4.79 Å². The number of halogens is 1. The van der Waals surface area contributed by atoms with Crippen LogP contribution < -0.4 is 11.1 Å². The SMILES string of the molecule is Cc1cc(N)c(NC(=O)C(C)(C)C)c(Br)c1. The van der Waals surface area contributed by atoms with Crippen molar-refractivity contribution in [1.82, 2.24) is 0 Å². The quantitative estimate of drug-likeness (QED) is 0.778. The predicted octanol–water partition coefficient (Wildman–Crippen LogP) is 3.32. The van der Waals surface area contributed by atoms with Gasteiger partial charge in [-0.05, 0) is 40.5 Å². The van der Waals surface area contributed by atoms with Crippen LogP contribution >= 0.6 is 15.9 Å². The van der Waals surface area contributed by atoms with E-state index >= 15 is 0 Å². The van der Waals surface area contributed by atoms with Crippen LogP contribution in [0.15, 0.2) is 16.6 Å². The van der Waals surface area contributed by atoms with Gasteiger partial charge in [0.1, 0.15) is 0 Å². The third kappa shape index (κ3) is 2.98. The van der Waals surface area contributed by atoms with Crippen LogP contribution in [0.3, 0.4) is 0 Å². The summed E-state index contributed by atoms with van der Waals surface area (Å²) in [5.74, 6) is -0.0521. The second kappa shape index (κ2) is 4.45. The van der Waals surface area contributed by atoms with Crippen molar-refractivity contribution in [1.29, 1.82) is 0 Å². The van der Waals surface area contributed by atoms with Gasteiger partial charge in [-0.1, -0.05) is 20.8 Å². The Balaban J connectivity index is 3.03. The fraction of sp³-hybridized carbons (Fsp3) is 0.417. The molecule has 0 atom stereocenters. The number of benzene rings is 1. The summed E-state index contributed by atoms with van der Waals surface area (Å²) in [4.78, 5) is 11.8. The second-order valence-electron chi connectivity index (χ2n) is 4.92. The largest absolute Gasteiger partial charge is 0.397 e. The summed E-state index contributed by atoms with van der Waals surface area (Å²) in [6, 6.07) is 3.76. The molecular formula is C12H17BrN2O. The molecule has 0 bridgehead atoms. The molecule has 3 nitrogen and oxygen atoms in total. The Hall–Kier alpha value is -1.03. The highest BCUT2D eigenvalue weighted by molar-refractivity contribution is 9.10. The normalized spacial score (nSPS) is 11.3. The average molecular weight is 285 g/mol. The first kappa shape index (κ1) is 13.0. The summed E-state index contributed by atoms with van der Waals surface area (Å²) >= 11 is 3.40. The van der Waals surface area contributed by atoms with Crippen molar-refractivity contribution in [2.45, 2.75) is 27.7 Å². The molecule has 1 rings (SSSR count). The van der Waals surface area contributed by atoms with Gasteiger partial charge in [-0.2, -0.15) is 0 Å². The zero-order valence-electron chi connectivity index (χ0n) is 10.0. The highest BCUT2D eigenvalue weighted by atomic mass is 79.9. The molecule has 0 aliphatic heterocycles. The highest BCUT2D eigenvalue weighted by Gasteiger charge is 2.22. The molecule has 0 unspecified atom stereocenters. The molecule has 4 heteroatoms. The maximum absolute atomic E-state index is 11.8. The van der Waals surface area contributed by atoms with Gasteiger partial charge >= 0.3 is 0 Å². The number of amides is 1. The number of anilines is 2. The molecule has 0 spiro atoms. The monoisotopic (exact) mass is 284 g/mol. The van der Waals surface area contributed by atoms with Gasteiger partial charge in [0.25, 0.3) is 0 Å². The van der Waals surface area contributed by atoms with Crippen LogP contribution in [-0.2, 0) is 4.79 Å². The van der Waals surface area contributed by atoms with Gasteiger partial charge in [0.05, 0.1) is 11.4 Å². The van der Waals surface area contributed by atoms with Crippen molar-refractivity contribution < 1.29 is 4.79 Å². The molecule has 0 aromatic heterocycles. The molecule has 3 N–H and O–H groups in total. The van der Waals surface area contributed by atoms with Crippen LogP contribution in [0.4, 0.5) is 11.4 Å². The smallest absolute Gasteiger partial charge is 0.229 e. The molecule has 0 radical (unpaired) electrons. The van der Waals surface area contributed by atoms with Gasteiger partial charge < -0.3 is 11.1 Å². The standard InChI is InChI=1S/C12H17BrN2O/c1-7-5-8(13)10(9(14)6-7)15-11(16)12(2,3)4/h5-6H,14H2,1-4H3,(H,15,16). The molecule has 0 aliphatic carbocycles. The van der Waals surface area contributed by atoms with Crippen LogP contribution in [0.25, 0.3) is 0 Å². The van der Waals surface area contributed by atoms with Gasteiger partial charge in [0.2, 0.25) is 5.91 Å². The summed E-state index contributed by atoms with van der Waals surface area (Å²) in [5, 5.41) is 2.83. The molecule has 88 valence electrons. The molecule has 0 aliphatic rings. The second-order valence-corrected chi connectivity index (χ2v) is 5.77. The Morgan fingerprint density at radius 1 is 1.38 bits per heavy atom. The maximum Gasteiger partial charge on any atom is 0.229 e. The summed E-state index contributed by atoms with van der Waals surface area (Å²) in [6.45, 7) is 7.54. The Morgan fingerprint density at radius 3 is 2.38 bits per heavy atom. The van der Waals surface area contributed by atoms with Gasteiger partial charge in [0.15, 0.2) is 0 Å². The van der Waals surface area contributed by atoms with E-state index < -0.39 is 5.41 Å². The Bertz CT molecular complexity index is 399. The number of nitrogen functional groups attached to an aromatic ring is 1. The summed E-state index contributed by atoms with van der Waals surface area (Å²) in [6.07, 6.45) is 0. The third-order valence-corrected chi connectivity index (χ3v) is 2.81. The van der Waals surface area contributed by atoms with E-state index in [1.165, 1.54) is 0 Å². The minimum atomic E-state index is -0.434. The summed E-state index contributed by atoms with van der Waals surface area (Å²) in [5.41, 5.74) is 7.71. The first-order valence-corrected chi connectivity index (χ1v) is 5.88. The lowest BCUT2D eigenvalue weighted by Crippen LogP contribution is -2.28. The summed E-state index contributed by atoms with van der Waals surface area (Å²) in [7, 11) is 0. The van der Waals surface area contributed by atoms with E-state index in [0.717, 1.165) is 10.0 Å². The van der Waals surface area contributed by atoms with Gasteiger partial charge in [-0.15, -0.1) is 0 Å². The number of rotatable bonds is 1. The maximum atomic E-state index is 11.8. The molecule has 0 fully saturated rings. The van der Waals surface area contributed by atoms with E-state index in [2.05, 4.69) is 21.2 Å². The number of carbonyl (C=O) groups excluding carboxylic acids is 1. The lowest BCUT2D eigenvalue weighted by atomic mass is 9.95. The Kier molecular flexibility index (Phi) is 3.63. The van der Waals surface area contributed by atoms with E-state index in [0.29, 0.717) is 11.4 Å². The van der Waals surface area contributed by atoms with Crippen molar-refractivity contribution in [3.8, 4) is 0 Å². The van der Waals surface area contributed by atoms with Crippen molar-refractivity contribution in [2.24, 2.45) is 5.41 Å². The van der Waals surface area contributed by atoms with Crippen LogP contribution in [0.1, 0.15) is 26.3 Å². The number of nitrogens with two attached hydrogens (primary N) is 1. The van der Waals surface area contributed by atoms with E-state index in [4.69, 9.17) is 5.73 Å². The average Bonchev–Trinajstić information content (AvgIpc) is 2.08. The van der Waals surface area contributed by atoms with Crippen molar-refractivity contribution in [3.05, 3.63) is 22.2 Å². The van der Waals surface area contributed by atoms with Gasteiger partial charge in [-0.25, -0.2) is 0 Å². The number of aryl methyl sites for hydroxylation is 1. The minimum Gasteiger partial charge on any atom is -0.397 e. The Morgan fingerprint density at radius 2 is 1.94 bits per heavy atom. The van der Waals surface area contributed by atoms with Crippen LogP contribution in [-0.4, -0.2) is 5.91 Å². The lowest BCUT2D eigenvalue weighted by molar-refractivity contribution is -0.123. The van der Waals surface area contributed by atoms with Crippen LogP contribution in [0, 0.1) is 12.3 Å². The molecule has 16 heavy (non-hydrogen) atoms. The topological polar surface area (TPSA) is 55.1 Å². The predicted molar refractivity (Wildman–Crippen MR) is 71.4 cm³/mol. The highest BCUT2D eigenvalue weighted by Crippen LogP contribution is 2.31. The fourth-order valence-electron chi connectivity index (χ4n) is 1.20. The molecular weight excluding hydrogens is 268 g/mol. The summed E-state index contributed by atoms with van der Waals surface area (Å²) < 4.78 is 0.808. The van der Waals surface area contributed by atoms with E-state index in [-0.39, 0.29) is 5.91 Å². The molecule has 0 saturated heterocycles. The van der Waals surface area contributed by atoms with E-state index in [9.17, 15) is 4.79 Å². The van der Waals surface area contributed by atoms with Crippen LogP contribution in [0.5, 0.6) is 0 Å². The number of carbonyl (C=O) groups is 1. The zero-order chi connectivity index (χ0) is 12.5. The first-order chi connectivity index (χ1) is 7.21. The number of nitrogens with one attached hydrogen (secondary N) is 1. The van der Waals surface area contributed by atoms with E-state index in [1.807, 2.05) is 39.8 Å². The minimum absolute atomic E-state index is 0.0521. The zero-order valence-corrected chi connectivity index (χ0v) is 11.6. The first-order valence-electron chi connectivity index (χ1n) is 5.09. The van der Waals surface area contributed by atoms with Crippen molar-refractivity contribution in [2.75, 3.05) is 11.1 Å². The molecule has 0 saturated carbocycles.